The fourth-order valence-corrected chi connectivity index (χ4v) is 3.91. The molecule has 0 saturated heterocycles. The molecule has 28 heavy (non-hydrogen) atoms. The van der Waals surface area contributed by atoms with Crippen molar-refractivity contribution in [1.29, 1.82) is 0 Å². The Hall–Kier alpha value is -2.49. The lowest BCUT2D eigenvalue weighted by atomic mass is 10.2. The van der Waals surface area contributed by atoms with Gasteiger partial charge in [-0.15, -0.1) is 10.2 Å². The van der Waals surface area contributed by atoms with Gasteiger partial charge in [-0.2, -0.15) is 0 Å². The topological polar surface area (TPSA) is 84.0 Å². The normalized spacial score (nSPS) is 10.5. The first-order chi connectivity index (χ1) is 13.5. The van der Waals surface area contributed by atoms with Gasteiger partial charge in [0.2, 0.25) is 11.0 Å². The number of halogens is 2. The first kappa shape index (κ1) is 20.2. The van der Waals surface area contributed by atoms with Gasteiger partial charge in [-0.3, -0.25) is 14.9 Å². The summed E-state index contributed by atoms with van der Waals surface area (Å²) in [7, 11) is 0. The van der Waals surface area contributed by atoms with Crippen molar-refractivity contribution < 1.29 is 14.0 Å². The van der Waals surface area contributed by atoms with E-state index >= 15 is 0 Å². The lowest BCUT2D eigenvalue weighted by Crippen LogP contribution is -2.24. The second-order valence-electron chi connectivity index (χ2n) is 5.49. The molecule has 2 N–H and O–H groups in total. The molecule has 0 aliphatic heterocycles. The van der Waals surface area contributed by atoms with Gasteiger partial charge >= 0.3 is 0 Å². The van der Waals surface area contributed by atoms with E-state index in [0.29, 0.717) is 15.9 Å². The van der Waals surface area contributed by atoms with Gasteiger partial charge in [0, 0.05) is 17.1 Å². The quantitative estimate of drug-likeness (QED) is 0.432. The second kappa shape index (κ2) is 9.63. The molecule has 1 aromatic heterocycles. The van der Waals surface area contributed by atoms with Crippen molar-refractivity contribution in [1.82, 2.24) is 15.5 Å². The van der Waals surface area contributed by atoms with Gasteiger partial charge < -0.3 is 5.32 Å². The van der Waals surface area contributed by atoms with E-state index in [0.717, 1.165) is 23.0 Å². The van der Waals surface area contributed by atoms with Gasteiger partial charge in [0.1, 0.15) is 5.82 Å². The molecular formula is C18H14ClFN4O2S2. The van der Waals surface area contributed by atoms with Crippen LogP contribution in [0.15, 0.2) is 52.9 Å². The number of rotatable bonds is 7. The standard InChI is InChI=1S/C18H14ClFN4O2S2/c19-14-7-2-1-4-12(14)9-21-15(25)10-27-18-24-23-17(28-18)22-16(26)11-5-3-6-13(20)8-11/h1-8H,9-10H2,(H,21,25)(H,22,23,26). The van der Waals surface area contributed by atoms with E-state index in [1.54, 1.807) is 6.07 Å². The summed E-state index contributed by atoms with van der Waals surface area (Å²) < 4.78 is 13.7. The van der Waals surface area contributed by atoms with Crippen LogP contribution in [0.3, 0.4) is 0 Å². The molecule has 0 radical (unpaired) electrons. The zero-order valence-corrected chi connectivity index (χ0v) is 16.7. The Labute approximate surface area is 173 Å². The summed E-state index contributed by atoms with van der Waals surface area (Å²) in [6, 6.07) is 12.6. The summed E-state index contributed by atoms with van der Waals surface area (Å²) in [5.41, 5.74) is 1.02. The molecule has 0 aliphatic carbocycles. The molecule has 1 heterocycles. The number of nitrogens with zero attached hydrogens (tertiary/aromatic N) is 2. The number of amides is 2. The number of benzene rings is 2. The highest BCUT2D eigenvalue weighted by Crippen LogP contribution is 2.25. The predicted octanol–water partition coefficient (Wildman–Crippen LogP) is 3.99. The summed E-state index contributed by atoms with van der Waals surface area (Å²) in [4.78, 5) is 24.0. The Morgan fingerprint density at radius 2 is 1.96 bits per heavy atom. The minimum atomic E-state index is -0.496. The van der Waals surface area contributed by atoms with E-state index < -0.39 is 11.7 Å². The van der Waals surface area contributed by atoms with Crippen LogP contribution in [0.4, 0.5) is 9.52 Å². The summed E-state index contributed by atoms with van der Waals surface area (Å²) in [6.45, 7) is 0.337. The van der Waals surface area contributed by atoms with Crippen molar-refractivity contribution in [2.45, 2.75) is 10.9 Å². The molecule has 144 valence electrons. The van der Waals surface area contributed by atoms with Crippen LogP contribution < -0.4 is 10.6 Å². The molecule has 0 unspecified atom stereocenters. The second-order valence-corrected chi connectivity index (χ2v) is 8.10. The number of anilines is 1. The number of hydrogen-bond acceptors (Lipinski definition) is 6. The summed E-state index contributed by atoms with van der Waals surface area (Å²) in [6.07, 6.45) is 0. The number of aromatic nitrogens is 2. The smallest absolute Gasteiger partial charge is 0.257 e. The largest absolute Gasteiger partial charge is 0.351 e. The predicted molar refractivity (Wildman–Crippen MR) is 108 cm³/mol. The molecule has 0 fully saturated rings. The highest BCUT2D eigenvalue weighted by molar-refractivity contribution is 8.01. The molecule has 0 aliphatic rings. The van der Waals surface area contributed by atoms with Gasteiger partial charge in [-0.05, 0) is 29.8 Å². The number of carbonyl (C=O) groups is 2. The lowest BCUT2D eigenvalue weighted by Gasteiger charge is -2.05. The molecule has 0 atom stereocenters. The average molecular weight is 437 g/mol. The Morgan fingerprint density at radius 3 is 2.75 bits per heavy atom. The first-order valence-electron chi connectivity index (χ1n) is 8.04. The number of carbonyl (C=O) groups excluding carboxylic acids is 2. The van der Waals surface area contributed by atoms with Crippen LogP contribution in [0.1, 0.15) is 15.9 Å². The van der Waals surface area contributed by atoms with E-state index in [-0.39, 0.29) is 22.4 Å². The van der Waals surface area contributed by atoms with E-state index in [9.17, 15) is 14.0 Å². The van der Waals surface area contributed by atoms with Crippen molar-refractivity contribution in [2.24, 2.45) is 0 Å². The minimum Gasteiger partial charge on any atom is -0.351 e. The van der Waals surface area contributed by atoms with Gasteiger partial charge in [-0.25, -0.2) is 4.39 Å². The number of hydrogen-bond donors (Lipinski definition) is 2. The van der Waals surface area contributed by atoms with Gasteiger partial charge in [0.15, 0.2) is 4.34 Å². The molecule has 6 nitrogen and oxygen atoms in total. The highest BCUT2D eigenvalue weighted by Gasteiger charge is 2.12. The van der Waals surface area contributed by atoms with Crippen LogP contribution in [0.25, 0.3) is 0 Å². The monoisotopic (exact) mass is 436 g/mol. The lowest BCUT2D eigenvalue weighted by molar-refractivity contribution is -0.118. The molecule has 10 heteroatoms. The molecule has 0 bridgehead atoms. The summed E-state index contributed by atoms with van der Waals surface area (Å²) >= 11 is 8.38. The zero-order valence-electron chi connectivity index (χ0n) is 14.3. The maximum absolute atomic E-state index is 13.2. The van der Waals surface area contributed by atoms with E-state index in [1.165, 1.54) is 30.0 Å². The van der Waals surface area contributed by atoms with Crippen LogP contribution in [0.5, 0.6) is 0 Å². The molecule has 0 saturated carbocycles. The third kappa shape index (κ3) is 5.75. The average Bonchev–Trinajstić information content (AvgIpc) is 3.13. The summed E-state index contributed by atoms with van der Waals surface area (Å²) in [5.74, 6) is -1.00. The highest BCUT2D eigenvalue weighted by atomic mass is 35.5. The van der Waals surface area contributed by atoms with Crippen molar-refractivity contribution in [3.63, 3.8) is 0 Å². The third-order valence-corrected chi connectivity index (χ3v) is 5.82. The molecule has 2 amide bonds. The number of thioether (sulfide) groups is 1. The van der Waals surface area contributed by atoms with Crippen molar-refractivity contribution in [3.8, 4) is 0 Å². The molecule has 3 aromatic rings. The van der Waals surface area contributed by atoms with E-state index in [2.05, 4.69) is 20.8 Å². The summed E-state index contributed by atoms with van der Waals surface area (Å²) in [5, 5.41) is 14.0. The molecule has 3 rings (SSSR count). The van der Waals surface area contributed by atoms with Crippen LogP contribution in [-0.4, -0.2) is 27.8 Å². The Morgan fingerprint density at radius 1 is 1.14 bits per heavy atom. The van der Waals surface area contributed by atoms with E-state index in [1.807, 2.05) is 18.2 Å². The first-order valence-corrected chi connectivity index (χ1v) is 10.2. The van der Waals surface area contributed by atoms with Crippen molar-refractivity contribution >= 4 is 51.6 Å². The fourth-order valence-electron chi connectivity index (χ4n) is 2.13. The van der Waals surface area contributed by atoms with Crippen LogP contribution in [-0.2, 0) is 11.3 Å². The van der Waals surface area contributed by atoms with Crippen molar-refractivity contribution in [2.75, 3.05) is 11.1 Å². The number of nitrogens with one attached hydrogen (secondary N) is 2. The molecular weight excluding hydrogens is 423 g/mol. The Bertz CT molecular complexity index is 999. The van der Waals surface area contributed by atoms with Crippen LogP contribution in [0.2, 0.25) is 5.02 Å². The van der Waals surface area contributed by atoms with E-state index in [4.69, 9.17) is 11.6 Å². The van der Waals surface area contributed by atoms with Crippen LogP contribution >= 0.6 is 34.7 Å². The minimum absolute atomic E-state index is 0.150. The zero-order chi connectivity index (χ0) is 19.9. The fraction of sp³-hybridized carbons (Fsp3) is 0.111. The van der Waals surface area contributed by atoms with Crippen molar-refractivity contribution in [3.05, 3.63) is 70.5 Å². The third-order valence-electron chi connectivity index (χ3n) is 3.47. The van der Waals surface area contributed by atoms with Crippen LogP contribution in [0, 0.1) is 5.82 Å². The Kier molecular flexibility index (Phi) is 6.96. The molecule has 0 spiro atoms. The van der Waals surface area contributed by atoms with Gasteiger partial charge in [0.25, 0.3) is 5.91 Å². The Balaban J connectivity index is 1.47. The maximum atomic E-state index is 13.2. The maximum Gasteiger partial charge on any atom is 0.257 e. The molecule has 2 aromatic carbocycles. The SMILES string of the molecule is O=C(CSc1nnc(NC(=O)c2cccc(F)c2)s1)NCc1ccccc1Cl. The van der Waals surface area contributed by atoms with Gasteiger partial charge in [-0.1, -0.05) is 59.0 Å². The van der Waals surface area contributed by atoms with Gasteiger partial charge in [0.05, 0.1) is 5.75 Å².